The highest BCUT2D eigenvalue weighted by molar-refractivity contribution is 5.11. The predicted octanol–water partition coefficient (Wildman–Crippen LogP) is 1.83. The van der Waals surface area contributed by atoms with Crippen LogP contribution in [0, 0.1) is 18.4 Å². The first-order valence-electron chi connectivity index (χ1n) is 2.86. The summed E-state index contributed by atoms with van der Waals surface area (Å²) >= 11 is 0. The molecular weight excluding hydrogens is 126 g/mol. The number of aliphatic hydroxyl groups is 1. The quantitative estimate of drug-likeness (QED) is 0.551. The third-order valence-corrected chi connectivity index (χ3v) is 0.940. The first-order chi connectivity index (χ1) is 4.81. The van der Waals surface area contributed by atoms with Crippen molar-refractivity contribution in [3.63, 3.8) is 0 Å². The monoisotopic (exact) mass is 135 g/mol. The Morgan fingerprint density at radius 3 is 1.90 bits per heavy atom. The molecule has 0 aliphatic rings. The van der Waals surface area contributed by atoms with Gasteiger partial charge in [-0.2, -0.15) is 5.26 Å². The van der Waals surface area contributed by atoms with E-state index in [4.69, 9.17) is 10.4 Å². The summed E-state index contributed by atoms with van der Waals surface area (Å²) in [5.74, 6) is 0. The predicted molar refractivity (Wildman–Crippen MR) is 38.7 cm³/mol. The van der Waals surface area contributed by atoms with Crippen molar-refractivity contribution in [3.8, 4) is 6.26 Å². The number of rotatable bonds is 0. The highest BCUT2D eigenvalue weighted by Crippen LogP contribution is 1.92. The second-order valence-electron chi connectivity index (χ2n) is 1.75. The maximum absolute atomic E-state index is 6.88. The van der Waals surface area contributed by atoms with Crippen LogP contribution in [0.2, 0.25) is 0 Å². The molecule has 0 saturated carbocycles. The summed E-state index contributed by atoms with van der Waals surface area (Å²) < 4.78 is 0. The number of hydrogen-bond acceptors (Lipinski definition) is 2. The number of aliphatic hydroxyl groups excluding tert-OH is 1. The van der Waals surface area contributed by atoms with Crippen LogP contribution in [0.25, 0.3) is 0 Å². The van der Waals surface area contributed by atoms with Crippen molar-refractivity contribution in [1.29, 1.82) is 5.26 Å². The van der Waals surface area contributed by atoms with Crippen molar-refractivity contribution < 1.29 is 5.11 Å². The minimum absolute atomic E-state index is 0.750. The number of nitriles is 1. The smallest absolute Gasteiger partial charge is 0.283 e. The van der Waals surface area contributed by atoms with Gasteiger partial charge in [0.1, 0.15) is 0 Å². The molecule has 2 heteroatoms. The van der Waals surface area contributed by atoms with Crippen molar-refractivity contribution in [3.05, 3.63) is 35.9 Å². The van der Waals surface area contributed by atoms with Gasteiger partial charge in [0, 0.05) is 0 Å². The van der Waals surface area contributed by atoms with E-state index in [1.54, 1.807) is 0 Å². The largest absolute Gasteiger partial charge is 0.443 e. The molecule has 0 radical (unpaired) electrons. The van der Waals surface area contributed by atoms with Gasteiger partial charge in [0.05, 0.1) is 0 Å². The topological polar surface area (TPSA) is 44.0 Å². The first-order valence-corrected chi connectivity index (χ1v) is 2.86. The third-order valence-electron chi connectivity index (χ3n) is 0.940. The van der Waals surface area contributed by atoms with Crippen LogP contribution in [0.15, 0.2) is 30.3 Å². The molecule has 1 aromatic carbocycles. The summed E-state index contributed by atoms with van der Waals surface area (Å²) in [5.41, 5.74) is 1.32. The molecule has 10 heavy (non-hydrogen) atoms. The van der Waals surface area contributed by atoms with Gasteiger partial charge in [0.2, 0.25) is 0 Å². The number of hydrogen-bond donors (Lipinski definition) is 1. The molecule has 0 aliphatic heterocycles. The standard InChI is InChI=1S/C7H8.CHNO/c1-7-5-3-2-4-6-7;2-1-3/h2-6H,1H3;3H. The highest BCUT2D eigenvalue weighted by atomic mass is 16.2. The van der Waals surface area contributed by atoms with Gasteiger partial charge in [-0.05, 0) is 6.92 Å². The zero-order chi connectivity index (χ0) is 7.82. The van der Waals surface area contributed by atoms with Crippen molar-refractivity contribution in [2.45, 2.75) is 6.92 Å². The van der Waals surface area contributed by atoms with Crippen molar-refractivity contribution in [1.82, 2.24) is 0 Å². The lowest BCUT2D eigenvalue weighted by Crippen LogP contribution is -1.62. The Morgan fingerprint density at radius 1 is 1.30 bits per heavy atom. The average molecular weight is 135 g/mol. The number of aryl methyl sites for hydroxylation is 1. The maximum atomic E-state index is 6.88. The van der Waals surface area contributed by atoms with E-state index in [2.05, 4.69) is 19.1 Å². The summed E-state index contributed by atoms with van der Waals surface area (Å²) in [6.45, 7) is 2.08. The number of nitrogens with zero attached hydrogens (tertiary/aromatic N) is 1. The number of benzene rings is 1. The fourth-order valence-electron chi connectivity index (χ4n) is 0.534. The van der Waals surface area contributed by atoms with Crippen molar-refractivity contribution in [2.24, 2.45) is 0 Å². The van der Waals surface area contributed by atoms with E-state index in [0.29, 0.717) is 0 Å². The van der Waals surface area contributed by atoms with Crippen LogP contribution >= 0.6 is 0 Å². The summed E-state index contributed by atoms with van der Waals surface area (Å²) in [5, 5.41) is 13.8. The van der Waals surface area contributed by atoms with Crippen LogP contribution < -0.4 is 0 Å². The van der Waals surface area contributed by atoms with Gasteiger partial charge in [-0.3, -0.25) is 0 Å². The fourth-order valence-corrected chi connectivity index (χ4v) is 0.534. The normalized spacial score (nSPS) is 6.80. The molecule has 52 valence electrons. The minimum atomic E-state index is 0.750. The molecule has 0 bridgehead atoms. The van der Waals surface area contributed by atoms with E-state index >= 15 is 0 Å². The van der Waals surface area contributed by atoms with Crippen LogP contribution in [0.1, 0.15) is 5.56 Å². The molecule has 1 aromatic rings. The molecule has 0 fully saturated rings. The zero-order valence-corrected chi connectivity index (χ0v) is 5.78. The average Bonchev–Trinajstić information content (AvgIpc) is 1.91. The lowest BCUT2D eigenvalue weighted by atomic mass is 10.2. The van der Waals surface area contributed by atoms with Gasteiger partial charge in [-0.15, -0.1) is 0 Å². The van der Waals surface area contributed by atoms with Gasteiger partial charge in [-0.25, -0.2) is 0 Å². The Bertz CT molecular complexity index is 200. The Hall–Kier alpha value is -1.49. The Morgan fingerprint density at radius 2 is 1.70 bits per heavy atom. The molecule has 0 heterocycles. The zero-order valence-electron chi connectivity index (χ0n) is 5.78. The van der Waals surface area contributed by atoms with E-state index in [1.165, 1.54) is 5.56 Å². The van der Waals surface area contributed by atoms with Crippen molar-refractivity contribution >= 4 is 0 Å². The fraction of sp³-hybridized carbons (Fsp3) is 0.125. The second-order valence-corrected chi connectivity index (χ2v) is 1.75. The Balaban J connectivity index is 0.000000236. The van der Waals surface area contributed by atoms with Crippen LogP contribution in [0.5, 0.6) is 0 Å². The summed E-state index contributed by atoms with van der Waals surface area (Å²) in [4.78, 5) is 0. The summed E-state index contributed by atoms with van der Waals surface area (Å²) in [6, 6.07) is 10.3. The molecular formula is C8H9NO. The Labute approximate surface area is 60.4 Å². The lowest BCUT2D eigenvalue weighted by molar-refractivity contribution is 0.503. The van der Waals surface area contributed by atoms with Gasteiger partial charge < -0.3 is 5.11 Å². The molecule has 0 aromatic heterocycles. The van der Waals surface area contributed by atoms with Gasteiger partial charge in [-0.1, -0.05) is 35.9 Å². The molecule has 0 aliphatic carbocycles. The van der Waals surface area contributed by atoms with Gasteiger partial charge in [0.25, 0.3) is 6.26 Å². The molecule has 0 spiro atoms. The minimum Gasteiger partial charge on any atom is -0.443 e. The molecule has 0 unspecified atom stereocenters. The van der Waals surface area contributed by atoms with Gasteiger partial charge >= 0.3 is 0 Å². The second kappa shape index (κ2) is 5.64. The maximum Gasteiger partial charge on any atom is 0.283 e. The summed E-state index contributed by atoms with van der Waals surface area (Å²) in [6.07, 6.45) is 0.750. The van der Waals surface area contributed by atoms with E-state index in [-0.39, 0.29) is 0 Å². The van der Waals surface area contributed by atoms with E-state index < -0.39 is 0 Å². The molecule has 0 amide bonds. The van der Waals surface area contributed by atoms with Crippen LogP contribution in [-0.2, 0) is 0 Å². The lowest BCUT2D eigenvalue weighted by Gasteiger charge is -1.82. The third kappa shape index (κ3) is 4.66. The Kier molecular flexibility index (Phi) is 4.80. The van der Waals surface area contributed by atoms with Crippen LogP contribution in [-0.4, -0.2) is 5.11 Å². The summed E-state index contributed by atoms with van der Waals surface area (Å²) in [7, 11) is 0. The molecule has 1 rings (SSSR count). The van der Waals surface area contributed by atoms with Crippen LogP contribution in [0.3, 0.4) is 0 Å². The first kappa shape index (κ1) is 8.51. The molecule has 2 nitrogen and oxygen atoms in total. The molecule has 0 atom stereocenters. The highest BCUT2D eigenvalue weighted by Gasteiger charge is 1.72. The van der Waals surface area contributed by atoms with E-state index in [1.807, 2.05) is 18.2 Å². The van der Waals surface area contributed by atoms with Gasteiger partial charge in [0.15, 0.2) is 0 Å². The molecule has 0 saturated heterocycles. The van der Waals surface area contributed by atoms with Crippen molar-refractivity contribution in [2.75, 3.05) is 0 Å². The SMILES string of the molecule is Cc1ccccc1.N#CO. The molecule has 1 N–H and O–H groups in total. The van der Waals surface area contributed by atoms with E-state index in [9.17, 15) is 0 Å². The van der Waals surface area contributed by atoms with E-state index in [0.717, 1.165) is 6.26 Å². The van der Waals surface area contributed by atoms with Crippen LogP contribution in [0.4, 0.5) is 0 Å².